The highest BCUT2D eigenvalue weighted by Gasteiger charge is 2.37. The van der Waals surface area contributed by atoms with E-state index in [1.165, 1.54) is 6.42 Å². The summed E-state index contributed by atoms with van der Waals surface area (Å²) in [5.41, 5.74) is 1.84. The predicted octanol–water partition coefficient (Wildman–Crippen LogP) is 6.15. The Balaban J connectivity index is 1.53. The zero-order valence-corrected chi connectivity index (χ0v) is 26.0. The van der Waals surface area contributed by atoms with Crippen molar-refractivity contribution in [3.05, 3.63) is 90.3 Å². The molecule has 1 saturated carbocycles. The van der Waals surface area contributed by atoms with Crippen LogP contribution in [0.1, 0.15) is 70.1 Å². The highest BCUT2D eigenvalue weighted by molar-refractivity contribution is 7.89. The van der Waals surface area contributed by atoms with Gasteiger partial charge in [-0.05, 0) is 73.6 Å². The summed E-state index contributed by atoms with van der Waals surface area (Å²) in [4.78, 5) is 18.6. The zero-order valence-electron chi connectivity index (χ0n) is 25.2. The Morgan fingerprint density at radius 1 is 0.976 bits per heavy atom. The van der Waals surface area contributed by atoms with Gasteiger partial charge in [0.1, 0.15) is 5.75 Å². The molecule has 0 saturated heterocycles. The number of sulfonamides is 1. The smallest absolute Gasteiger partial charge is 0.243 e. The Bertz CT molecular complexity index is 1360. The van der Waals surface area contributed by atoms with Crippen LogP contribution in [0.2, 0.25) is 0 Å². The summed E-state index contributed by atoms with van der Waals surface area (Å²) < 4.78 is 34.2. The molecule has 2 aromatic carbocycles. The van der Waals surface area contributed by atoms with Gasteiger partial charge in [-0.25, -0.2) is 8.42 Å². The lowest BCUT2D eigenvalue weighted by Gasteiger charge is -2.37. The van der Waals surface area contributed by atoms with Crippen molar-refractivity contribution in [1.82, 2.24) is 14.6 Å². The third-order valence-corrected chi connectivity index (χ3v) is 10.1. The molecule has 226 valence electrons. The lowest BCUT2D eigenvalue weighted by Crippen LogP contribution is -2.44. The van der Waals surface area contributed by atoms with Crippen LogP contribution in [0, 0.1) is 5.92 Å². The molecule has 1 heterocycles. The maximum atomic E-state index is 13.7. The molecular weight excluding hydrogens is 546 g/mol. The SMILES string of the molecule is COc1ccc(S(=O)(=O)N(CC[C@H](Cc2ccccc2)NC(=O)CC2(c3ccccn3)CCCCC2)CC(C)C)cc1. The predicted molar refractivity (Wildman–Crippen MR) is 167 cm³/mol. The van der Waals surface area contributed by atoms with Crippen LogP contribution in [0.3, 0.4) is 0 Å². The second-order valence-electron chi connectivity index (χ2n) is 11.9. The first kappa shape index (κ1) is 31.7. The number of aromatic nitrogens is 1. The lowest BCUT2D eigenvalue weighted by molar-refractivity contribution is -0.123. The first-order chi connectivity index (χ1) is 20.2. The molecule has 1 atom stereocenters. The van der Waals surface area contributed by atoms with Crippen molar-refractivity contribution >= 4 is 15.9 Å². The molecule has 3 aromatic rings. The van der Waals surface area contributed by atoms with E-state index in [2.05, 4.69) is 22.4 Å². The number of pyridine rings is 1. The molecule has 1 fully saturated rings. The minimum absolute atomic E-state index is 0.00287. The highest BCUT2D eigenvalue weighted by atomic mass is 32.2. The minimum atomic E-state index is -3.73. The molecule has 0 radical (unpaired) electrons. The van der Waals surface area contributed by atoms with Crippen molar-refractivity contribution in [3.63, 3.8) is 0 Å². The zero-order chi connectivity index (χ0) is 30.0. The van der Waals surface area contributed by atoms with E-state index in [1.807, 2.05) is 56.4 Å². The second-order valence-corrected chi connectivity index (χ2v) is 13.8. The molecule has 7 nitrogen and oxygen atoms in total. The lowest BCUT2D eigenvalue weighted by atomic mass is 9.69. The molecule has 0 unspecified atom stereocenters. The van der Waals surface area contributed by atoms with Crippen molar-refractivity contribution in [2.24, 2.45) is 5.92 Å². The number of amides is 1. The highest BCUT2D eigenvalue weighted by Crippen LogP contribution is 2.41. The van der Waals surface area contributed by atoms with Crippen molar-refractivity contribution < 1.29 is 17.9 Å². The first-order valence-corrected chi connectivity index (χ1v) is 16.5. The molecular formula is C34H45N3O4S. The number of carbonyl (C=O) groups excluding carboxylic acids is 1. The van der Waals surface area contributed by atoms with Crippen molar-refractivity contribution in [1.29, 1.82) is 0 Å². The third kappa shape index (κ3) is 8.42. The molecule has 0 bridgehead atoms. The third-order valence-electron chi connectivity index (χ3n) is 8.20. The Labute approximate surface area is 251 Å². The summed E-state index contributed by atoms with van der Waals surface area (Å²) in [6.45, 7) is 4.72. The van der Waals surface area contributed by atoms with Gasteiger partial charge in [0.05, 0.1) is 12.0 Å². The van der Waals surface area contributed by atoms with Crippen molar-refractivity contribution in [2.75, 3.05) is 20.2 Å². The van der Waals surface area contributed by atoms with E-state index in [0.29, 0.717) is 38.1 Å². The van der Waals surface area contributed by atoms with Gasteiger partial charge >= 0.3 is 0 Å². The van der Waals surface area contributed by atoms with Gasteiger partial charge < -0.3 is 10.1 Å². The Hall–Kier alpha value is -3.23. The normalized spacial score (nSPS) is 15.8. The van der Waals surface area contributed by atoms with Gasteiger partial charge in [-0.1, -0.05) is 69.5 Å². The van der Waals surface area contributed by atoms with Crippen LogP contribution < -0.4 is 10.1 Å². The summed E-state index contributed by atoms with van der Waals surface area (Å²) in [7, 11) is -2.17. The van der Waals surface area contributed by atoms with Crippen molar-refractivity contribution in [3.8, 4) is 5.75 Å². The Morgan fingerprint density at radius 2 is 1.67 bits per heavy atom. The van der Waals surface area contributed by atoms with Gasteiger partial charge in [-0.2, -0.15) is 4.31 Å². The summed E-state index contributed by atoms with van der Waals surface area (Å²) in [6.07, 6.45) is 8.58. The molecule has 0 aliphatic heterocycles. The summed E-state index contributed by atoms with van der Waals surface area (Å²) in [5, 5.41) is 3.32. The number of ether oxygens (including phenoxy) is 1. The van der Waals surface area contributed by atoms with E-state index < -0.39 is 10.0 Å². The minimum Gasteiger partial charge on any atom is -0.497 e. The maximum Gasteiger partial charge on any atom is 0.243 e. The van der Waals surface area contributed by atoms with E-state index in [-0.39, 0.29) is 28.2 Å². The van der Waals surface area contributed by atoms with Crippen LogP contribution >= 0.6 is 0 Å². The second kappa shape index (κ2) is 14.8. The van der Waals surface area contributed by atoms with Crippen LogP contribution in [0.15, 0.2) is 83.9 Å². The fraction of sp³-hybridized carbons (Fsp3) is 0.471. The summed E-state index contributed by atoms with van der Waals surface area (Å²) >= 11 is 0. The number of hydrogen-bond acceptors (Lipinski definition) is 5. The van der Waals surface area contributed by atoms with Crippen LogP contribution in [0.5, 0.6) is 5.75 Å². The van der Waals surface area contributed by atoms with Crippen LogP contribution in [0.25, 0.3) is 0 Å². The summed E-state index contributed by atoms with van der Waals surface area (Å²) in [6, 6.07) is 22.3. The topological polar surface area (TPSA) is 88.6 Å². The number of hydrogen-bond donors (Lipinski definition) is 1. The van der Waals surface area contributed by atoms with Gasteiger partial charge in [0.15, 0.2) is 0 Å². The van der Waals surface area contributed by atoms with Crippen molar-refractivity contribution in [2.45, 2.75) is 81.6 Å². The quantitative estimate of drug-likeness (QED) is 0.243. The standard InChI is InChI=1S/C34H45N3O4S/c1-27(2)26-37(42(39,40)31-17-15-30(41-3)16-18-31)23-19-29(24-28-12-6-4-7-13-28)36-33(38)25-34(20-9-5-10-21-34)32-14-8-11-22-35-32/h4,6-8,11-18,22,27,29H,5,9-10,19-21,23-26H2,1-3H3,(H,36,38)/t29-/m1/s1. The van der Waals surface area contributed by atoms with Gasteiger partial charge in [-0.15, -0.1) is 0 Å². The van der Waals surface area contributed by atoms with Gasteiger partial charge in [0.25, 0.3) is 0 Å². The molecule has 1 amide bonds. The molecule has 1 aliphatic rings. The van der Waals surface area contributed by atoms with Gasteiger partial charge in [-0.3, -0.25) is 9.78 Å². The average molecular weight is 592 g/mol. The molecule has 1 aliphatic carbocycles. The van der Waals surface area contributed by atoms with E-state index in [0.717, 1.165) is 36.9 Å². The molecule has 8 heteroatoms. The summed E-state index contributed by atoms with van der Waals surface area (Å²) in [5.74, 6) is 0.748. The number of nitrogens with zero attached hydrogens (tertiary/aromatic N) is 2. The molecule has 4 rings (SSSR count). The number of nitrogens with one attached hydrogen (secondary N) is 1. The molecule has 0 spiro atoms. The average Bonchev–Trinajstić information content (AvgIpc) is 3.00. The number of carbonyl (C=O) groups is 1. The maximum absolute atomic E-state index is 13.7. The van der Waals surface area contributed by atoms with Gasteiger partial charge in [0.2, 0.25) is 15.9 Å². The number of rotatable bonds is 14. The molecule has 1 N–H and O–H groups in total. The Morgan fingerprint density at radius 3 is 2.29 bits per heavy atom. The van der Waals surface area contributed by atoms with Crippen LogP contribution in [-0.2, 0) is 26.7 Å². The van der Waals surface area contributed by atoms with E-state index in [9.17, 15) is 13.2 Å². The first-order valence-electron chi connectivity index (χ1n) is 15.1. The molecule has 42 heavy (non-hydrogen) atoms. The van der Waals surface area contributed by atoms with E-state index in [1.54, 1.807) is 35.7 Å². The number of methoxy groups -OCH3 is 1. The van der Waals surface area contributed by atoms with Gasteiger partial charge in [0, 0.05) is 42.9 Å². The fourth-order valence-electron chi connectivity index (χ4n) is 6.05. The largest absolute Gasteiger partial charge is 0.497 e. The van der Waals surface area contributed by atoms with Crippen LogP contribution in [-0.4, -0.2) is 49.9 Å². The van der Waals surface area contributed by atoms with E-state index >= 15 is 0 Å². The molecule has 1 aromatic heterocycles. The number of benzene rings is 2. The van der Waals surface area contributed by atoms with Crippen LogP contribution in [0.4, 0.5) is 0 Å². The van der Waals surface area contributed by atoms with E-state index in [4.69, 9.17) is 4.74 Å². The fourth-order valence-corrected chi connectivity index (χ4v) is 7.67. The monoisotopic (exact) mass is 591 g/mol. The Kier molecular flexibility index (Phi) is 11.2.